The minimum Gasteiger partial charge on any atom is -0.494 e. The number of hydrogen-bond acceptors (Lipinski definition) is 3. The summed E-state index contributed by atoms with van der Waals surface area (Å²) in [5, 5.41) is 9.21. The van der Waals surface area contributed by atoms with Gasteiger partial charge in [0.25, 0.3) is 5.91 Å². The molecule has 152 valence electrons. The van der Waals surface area contributed by atoms with Crippen LogP contribution in [0.5, 0.6) is 5.75 Å². The molecular weight excluding hydrogens is 467 g/mol. The zero-order valence-electron chi connectivity index (χ0n) is 16.8. The van der Waals surface area contributed by atoms with Crippen molar-refractivity contribution in [3.63, 3.8) is 0 Å². The minimum absolute atomic E-state index is 0. The number of carbonyl (C=O) groups excluding carboxylic acids is 1. The molecule has 0 aromatic heterocycles. The number of benzene rings is 2. The van der Waals surface area contributed by atoms with Crippen LogP contribution in [0.25, 0.3) is 0 Å². The lowest BCUT2D eigenvalue weighted by Crippen LogP contribution is -2.36. The summed E-state index contributed by atoms with van der Waals surface area (Å²) in [5.41, 5.74) is 3.89. The average Bonchev–Trinajstić information content (AvgIpc) is 2.69. The molecule has 0 unspecified atom stereocenters. The molecule has 2 aromatic rings. The summed E-state index contributed by atoms with van der Waals surface area (Å²) in [4.78, 5) is 16.0. The second-order valence-corrected chi connectivity index (χ2v) is 6.10. The summed E-state index contributed by atoms with van der Waals surface area (Å²) < 4.78 is 5.72. The van der Waals surface area contributed by atoms with Crippen molar-refractivity contribution in [2.75, 3.05) is 20.7 Å². The fourth-order valence-corrected chi connectivity index (χ4v) is 2.65. The molecule has 0 fully saturated rings. The van der Waals surface area contributed by atoms with E-state index in [1.54, 1.807) is 20.2 Å². The van der Waals surface area contributed by atoms with Gasteiger partial charge in [-0.2, -0.15) is 0 Å². The second kappa shape index (κ2) is 12.2. The minimum atomic E-state index is -0.0952. The van der Waals surface area contributed by atoms with Gasteiger partial charge in [0.15, 0.2) is 5.96 Å². The van der Waals surface area contributed by atoms with E-state index in [0.717, 1.165) is 16.9 Å². The summed E-state index contributed by atoms with van der Waals surface area (Å²) in [6, 6.07) is 13.7. The Balaban J connectivity index is 0.00000392. The first kappa shape index (κ1) is 23.7. The molecule has 7 heteroatoms. The van der Waals surface area contributed by atoms with E-state index in [0.29, 0.717) is 31.2 Å². The van der Waals surface area contributed by atoms with Crippen molar-refractivity contribution < 1.29 is 9.53 Å². The Morgan fingerprint density at radius 1 is 1.11 bits per heavy atom. The molecule has 0 aliphatic heterocycles. The maximum Gasteiger partial charge on any atom is 0.251 e. The number of guanidine groups is 1. The van der Waals surface area contributed by atoms with Crippen LogP contribution in [0.2, 0.25) is 0 Å². The second-order valence-electron chi connectivity index (χ2n) is 6.10. The molecule has 0 saturated carbocycles. The normalized spacial score (nSPS) is 10.6. The van der Waals surface area contributed by atoms with E-state index in [-0.39, 0.29) is 29.9 Å². The van der Waals surface area contributed by atoms with Crippen LogP contribution in [0.1, 0.15) is 34.0 Å². The molecule has 2 aromatic carbocycles. The smallest absolute Gasteiger partial charge is 0.251 e. The average molecular weight is 496 g/mol. The van der Waals surface area contributed by atoms with Gasteiger partial charge in [0.05, 0.1) is 6.61 Å². The third kappa shape index (κ3) is 7.03. The van der Waals surface area contributed by atoms with Gasteiger partial charge in [-0.05, 0) is 43.2 Å². The number of carbonyl (C=O) groups is 1. The number of aryl methyl sites for hydroxylation is 1. The van der Waals surface area contributed by atoms with Crippen LogP contribution in [-0.4, -0.2) is 32.6 Å². The summed E-state index contributed by atoms with van der Waals surface area (Å²) >= 11 is 0. The fraction of sp³-hybridized carbons (Fsp3) is 0.333. The molecule has 3 N–H and O–H groups in total. The first-order valence-corrected chi connectivity index (χ1v) is 9.05. The van der Waals surface area contributed by atoms with Crippen molar-refractivity contribution in [2.45, 2.75) is 26.9 Å². The number of halogens is 1. The highest BCUT2D eigenvalue weighted by Crippen LogP contribution is 2.20. The summed E-state index contributed by atoms with van der Waals surface area (Å²) in [6.07, 6.45) is 0. The molecule has 0 heterocycles. The predicted octanol–water partition coefficient (Wildman–Crippen LogP) is 3.24. The van der Waals surface area contributed by atoms with Crippen molar-refractivity contribution in [2.24, 2.45) is 4.99 Å². The van der Waals surface area contributed by atoms with Gasteiger partial charge >= 0.3 is 0 Å². The zero-order valence-corrected chi connectivity index (χ0v) is 19.2. The highest BCUT2D eigenvalue weighted by Gasteiger charge is 2.07. The van der Waals surface area contributed by atoms with E-state index in [1.165, 1.54) is 5.56 Å². The van der Waals surface area contributed by atoms with Gasteiger partial charge in [-0.25, -0.2) is 0 Å². The van der Waals surface area contributed by atoms with Crippen LogP contribution in [-0.2, 0) is 13.1 Å². The van der Waals surface area contributed by atoms with Gasteiger partial charge in [-0.1, -0.05) is 24.3 Å². The molecule has 0 spiro atoms. The summed E-state index contributed by atoms with van der Waals surface area (Å²) in [7, 11) is 3.36. The lowest BCUT2D eigenvalue weighted by Gasteiger charge is -2.15. The molecule has 0 aliphatic carbocycles. The first-order valence-electron chi connectivity index (χ1n) is 9.05. The third-order valence-corrected chi connectivity index (χ3v) is 4.07. The van der Waals surface area contributed by atoms with E-state index >= 15 is 0 Å². The Morgan fingerprint density at radius 2 is 1.86 bits per heavy atom. The number of amides is 1. The van der Waals surface area contributed by atoms with E-state index in [9.17, 15) is 4.79 Å². The Morgan fingerprint density at radius 3 is 2.54 bits per heavy atom. The molecule has 0 radical (unpaired) electrons. The van der Waals surface area contributed by atoms with Gasteiger partial charge in [-0.15, -0.1) is 24.0 Å². The molecule has 1 amide bonds. The van der Waals surface area contributed by atoms with Crippen LogP contribution in [0.3, 0.4) is 0 Å². The maximum atomic E-state index is 11.7. The molecule has 0 saturated heterocycles. The Labute approximate surface area is 184 Å². The number of aliphatic imine (C=N–C) groups is 1. The molecule has 28 heavy (non-hydrogen) atoms. The van der Waals surface area contributed by atoms with Gasteiger partial charge in [0.2, 0.25) is 0 Å². The predicted molar refractivity (Wildman–Crippen MR) is 125 cm³/mol. The zero-order chi connectivity index (χ0) is 19.6. The van der Waals surface area contributed by atoms with Gasteiger partial charge in [-0.3, -0.25) is 9.79 Å². The van der Waals surface area contributed by atoms with Gasteiger partial charge in [0.1, 0.15) is 5.75 Å². The largest absolute Gasteiger partial charge is 0.494 e. The molecule has 0 bridgehead atoms. The lowest BCUT2D eigenvalue weighted by atomic mass is 10.1. The van der Waals surface area contributed by atoms with Crippen molar-refractivity contribution in [1.82, 2.24) is 16.0 Å². The standard InChI is InChI=1S/C21H28N4O2.HI/c1-5-27-19-11-15(2)9-10-18(19)14-25-21(23-4)24-13-16-7-6-8-17(12-16)20(26)22-3;/h6-12H,5,13-14H2,1-4H3,(H,22,26)(H2,23,24,25);1H. The van der Waals surface area contributed by atoms with Crippen LogP contribution >= 0.6 is 24.0 Å². The maximum absolute atomic E-state index is 11.7. The highest BCUT2D eigenvalue weighted by atomic mass is 127. The van der Waals surface area contributed by atoms with Crippen molar-refractivity contribution in [1.29, 1.82) is 0 Å². The van der Waals surface area contributed by atoms with Crippen molar-refractivity contribution in [3.8, 4) is 5.75 Å². The lowest BCUT2D eigenvalue weighted by molar-refractivity contribution is 0.0963. The SMILES string of the molecule is CCOc1cc(C)ccc1CNC(=NC)NCc1cccc(C(=O)NC)c1.I. The van der Waals surface area contributed by atoms with E-state index in [1.807, 2.05) is 38.1 Å². The first-order chi connectivity index (χ1) is 13.1. The summed E-state index contributed by atoms with van der Waals surface area (Å²) in [6.45, 7) is 5.83. The summed E-state index contributed by atoms with van der Waals surface area (Å²) in [5.74, 6) is 1.48. The van der Waals surface area contributed by atoms with Gasteiger partial charge < -0.3 is 20.7 Å². The van der Waals surface area contributed by atoms with Crippen molar-refractivity contribution in [3.05, 3.63) is 64.7 Å². The number of ether oxygens (including phenoxy) is 1. The van der Waals surface area contributed by atoms with Crippen LogP contribution < -0.4 is 20.7 Å². The number of rotatable bonds is 7. The quantitative estimate of drug-likeness (QED) is 0.313. The van der Waals surface area contributed by atoms with Gasteiger partial charge in [0, 0.05) is 38.3 Å². The highest BCUT2D eigenvalue weighted by molar-refractivity contribution is 14.0. The van der Waals surface area contributed by atoms with E-state index in [4.69, 9.17) is 4.74 Å². The molecule has 6 nitrogen and oxygen atoms in total. The number of hydrogen-bond donors (Lipinski definition) is 3. The van der Waals surface area contributed by atoms with E-state index in [2.05, 4.69) is 33.1 Å². The number of nitrogens with zero attached hydrogens (tertiary/aromatic N) is 1. The van der Waals surface area contributed by atoms with Crippen LogP contribution in [0, 0.1) is 6.92 Å². The fourth-order valence-electron chi connectivity index (χ4n) is 2.65. The Hall–Kier alpha value is -2.29. The van der Waals surface area contributed by atoms with Crippen LogP contribution in [0.4, 0.5) is 0 Å². The van der Waals surface area contributed by atoms with Crippen molar-refractivity contribution >= 4 is 35.8 Å². The Bertz CT molecular complexity index is 809. The number of nitrogens with one attached hydrogen (secondary N) is 3. The van der Waals surface area contributed by atoms with Crippen LogP contribution in [0.15, 0.2) is 47.5 Å². The third-order valence-electron chi connectivity index (χ3n) is 4.07. The topological polar surface area (TPSA) is 74.8 Å². The molecular formula is C21H29IN4O2. The van der Waals surface area contributed by atoms with E-state index < -0.39 is 0 Å². The molecule has 0 atom stereocenters. The monoisotopic (exact) mass is 496 g/mol. The molecule has 2 rings (SSSR count). The Kier molecular flexibility index (Phi) is 10.4. The molecule has 0 aliphatic rings.